The van der Waals surface area contributed by atoms with Crippen LogP contribution in [0.1, 0.15) is 36.8 Å². The van der Waals surface area contributed by atoms with Gasteiger partial charge in [-0.2, -0.15) is 0 Å². The van der Waals surface area contributed by atoms with Crippen LogP contribution in [0.15, 0.2) is 23.6 Å². The van der Waals surface area contributed by atoms with Gasteiger partial charge in [-0.1, -0.05) is 0 Å². The number of benzene rings is 1. The summed E-state index contributed by atoms with van der Waals surface area (Å²) in [5.41, 5.74) is 0.916. The molecule has 2 rings (SSSR count). The highest BCUT2D eigenvalue weighted by atomic mass is 32.1. The molecule has 0 unspecified atom stereocenters. The Balaban J connectivity index is 2.00. The van der Waals surface area contributed by atoms with Gasteiger partial charge in [-0.25, -0.2) is 9.78 Å². The van der Waals surface area contributed by atoms with E-state index in [1.807, 2.05) is 13.8 Å². The van der Waals surface area contributed by atoms with Gasteiger partial charge >= 0.3 is 5.97 Å². The fourth-order valence-corrected chi connectivity index (χ4v) is 2.69. The van der Waals surface area contributed by atoms with Crippen molar-refractivity contribution < 1.29 is 23.8 Å². The Kier molecular flexibility index (Phi) is 6.35. The van der Waals surface area contributed by atoms with Crippen molar-refractivity contribution in [3.63, 3.8) is 0 Å². The number of rotatable bonds is 7. The first kappa shape index (κ1) is 18.7. The largest absolute Gasteiger partial charge is 0.493 e. The van der Waals surface area contributed by atoms with Crippen LogP contribution in [0.4, 0.5) is 5.13 Å². The first-order valence-electron chi connectivity index (χ1n) is 7.63. The predicted molar refractivity (Wildman–Crippen MR) is 94.3 cm³/mol. The van der Waals surface area contributed by atoms with Gasteiger partial charge in [0.2, 0.25) is 5.91 Å². The second-order valence-corrected chi connectivity index (χ2v) is 6.29. The summed E-state index contributed by atoms with van der Waals surface area (Å²) in [6, 6.07) is 4.86. The highest BCUT2D eigenvalue weighted by Crippen LogP contribution is 2.29. The molecule has 0 radical (unpaired) electrons. The second kappa shape index (κ2) is 8.48. The van der Waals surface area contributed by atoms with Crippen molar-refractivity contribution in [3.8, 4) is 11.5 Å². The van der Waals surface area contributed by atoms with E-state index in [4.69, 9.17) is 14.2 Å². The molecule has 0 bridgehead atoms. The molecular weight excluding hydrogens is 344 g/mol. The Bertz CT molecular complexity index is 757. The van der Waals surface area contributed by atoms with Gasteiger partial charge in [0.25, 0.3) is 0 Å². The first-order chi connectivity index (χ1) is 11.9. The van der Waals surface area contributed by atoms with Gasteiger partial charge in [-0.3, -0.25) is 4.79 Å². The average Bonchev–Trinajstić information content (AvgIpc) is 2.99. The van der Waals surface area contributed by atoms with Crippen molar-refractivity contribution in [1.82, 2.24) is 4.98 Å². The van der Waals surface area contributed by atoms with E-state index in [-0.39, 0.29) is 18.6 Å². The highest BCUT2D eigenvalue weighted by molar-refractivity contribution is 7.13. The topological polar surface area (TPSA) is 86.8 Å². The molecule has 7 nitrogen and oxygen atoms in total. The highest BCUT2D eigenvalue weighted by Gasteiger charge is 2.14. The maximum absolute atomic E-state index is 12.2. The molecule has 0 aliphatic heterocycles. The summed E-state index contributed by atoms with van der Waals surface area (Å²) in [4.78, 5) is 27.3. The predicted octanol–water partition coefficient (Wildman–Crippen LogP) is 3.25. The number of thiazole rings is 1. The van der Waals surface area contributed by atoms with Gasteiger partial charge in [0.1, 0.15) is 6.61 Å². The number of nitrogens with one attached hydrogen (secondary N) is 1. The molecule has 0 fully saturated rings. The lowest BCUT2D eigenvalue weighted by Gasteiger charge is -2.14. The van der Waals surface area contributed by atoms with Crippen LogP contribution in [-0.4, -0.2) is 30.1 Å². The maximum atomic E-state index is 12.2. The lowest BCUT2D eigenvalue weighted by atomic mass is 10.2. The summed E-state index contributed by atoms with van der Waals surface area (Å²) in [5, 5.41) is 4.77. The third-order valence-electron chi connectivity index (χ3n) is 2.95. The van der Waals surface area contributed by atoms with Gasteiger partial charge in [0, 0.05) is 12.3 Å². The van der Waals surface area contributed by atoms with E-state index in [0.29, 0.717) is 27.9 Å². The molecule has 2 aromatic rings. The van der Waals surface area contributed by atoms with Crippen LogP contribution in [-0.2, 0) is 16.1 Å². The van der Waals surface area contributed by atoms with Crippen LogP contribution < -0.4 is 14.8 Å². The molecule has 1 heterocycles. The van der Waals surface area contributed by atoms with Gasteiger partial charge in [0.05, 0.1) is 24.5 Å². The van der Waals surface area contributed by atoms with E-state index in [2.05, 4.69) is 10.3 Å². The molecule has 0 saturated carbocycles. The molecule has 0 aliphatic carbocycles. The zero-order valence-electron chi connectivity index (χ0n) is 14.5. The Labute approximate surface area is 149 Å². The third kappa shape index (κ3) is 5.46. The molecular formula is C17H20N2O5S. The molecule has 25 heavy (non-hydrogen) atoms. The van der Waals surface area contributed by atoms with Crippen LogP contribution in [0.3, 0.4) is 0 Å². The normalized spacial score (nSPS) is 10.4. The van der Waals surface area contributed by atoms with Crippen molar-refractivity contribution in [2.75, 3.05) is 12.4 Å². The monoisotopic (exact) mass is 364 g/mol. The van der Waals surface area contributed by atoms with Gasteiger partial charge in [-0.15, -0.1) is 11.3 Å². The first-order valence-corrected chi connectivity index (χ1v) is 8.50. The number of hydrogen-bond acceptors (Lipinski definition) is 7. The quantitative estimate of drug-likeness (QED) is 0.759. The van der Waals surface area contributed by atoms with Crippen molar-refractivity contribution >= 4 is 28.3 Å². The fraction of sp³-hybridized carbons (Fsp3) is 0.353. The van der Waals surface area contributed by atoms with Crippen molar-refractivity contribution in [2.45, 2.75) is 33.5 Å². The SMILES string of the molecule is COc1cc(C(=O)OCc2csc(NC(C)=O)n2)ccc1OC(C)C. The summed E-state index contributed by atoms with van der Waals surface area (Å²) in [5.74, 6) is 0.329. The number of amides is 1. The lowest BCUT2D eigenvalue weighted by molar-refractivity contribution is -0.114. The minimum atomic E-state index is -0.497. The molecule has 1 N–H and O–H groups in total. The molecule has 0 aliphatic rings. The van der Waals surface area contributed by atoms with Crippen LogP contribution in [0, 0.1) is 0 Å². The van der Waals surface area contributed by atoms with E-state index < -0.39 is 5.97 Å². The zero-order chi connectivity index (χ0) is 18.4. The number of ether oxygens (including phenoxy) is 3. The van der Waals surface area contributed by atoms with Crippen LogP contribution in [0.25, 0.3) is 0 Å². The van der Waals surface area contributed by atoms with E-state index in [1.165, 1.54) is 25.4 Å². The van der Waals surface area contributed by atoms with Gasteiger partial charge < -0.3 is 19.5 Å². The average molecular weight is 364 g/mol. The Morgan fingerprint density at radius 3 is 2.68 bits per heavy atom. The fourth-order valence-electron chi connectivity index (χ4n) is 1.95. The number of methoxy groups -OCH3 is 1. The van der Waals surface area contributed by atoms with Crippen LogP contribution in [0.2, 0.25) is 0 Å². The Hall–Kier alpha value is -2.61. The zero-order valence-corrected chi connectivity index (χ0v) is 15.3. The second-order valence-electron chi connectivity index (χ2n) is 5.43. The minimum Gasteiger partial charge on any atom is -0.493 e. The molecule has 1 aromatic heterocycles. The van der Waals surface area contributed by atoms with Crippen LogP contribution >= 0.6 is 11.3 Å². The lowest BCUT2D eigenvalue weighted by Crippen LogP contribution is -2.09. The maximum Gasteiger partial charge on any atom is 0.338 e. The number of carbonyl (C=O) groups excluding carboxylic acids is 2. The smallest absolute Gasteiger partial charge is 0.338 e. The molecule has 134 valence electrons. The van der Waals surface area contributed by atoms with Gasteiger partial charge in [-0.05, 0) is 32.0 Å². The number of nitrogens with zero attached hydrogens (tertiary/aromatic N) is 1. The molecule has 1 amide bonds. The number of aromatic nitrogens is 1. The number of anilines is 1. The van der Waals surface area contributed by atoms with Crippen molar-refractivity contribution in [1.29, 1.82) is 0 Å². The van der Waals surface area contributed by atoms with E-state index >= 15 is 0 Å². The van der Waals surface area contributed by atoms with Crippen LogP contribution in [0.5, 0.6) is 11.5 Å². The summed E-state index contributed by atoms with van der Waals surface area (Å²) in [6.45, 7) is 5.23. The van der Waals surface area contributed by atoms with Crippen molar-refractivity contribution in [2.24, 2.45) is 0 Å². The van der Waals surface area contributed by atoms with E-state index in [1.54, 1.807) is 23.6 Å². The van der Waals surface area contributed by atoms with Crippen molar-refractivity contribution in [3.05, 3.63) is 34.8 Å². The molecule has 8 heteroatoms. The molecule has 0 atom stereocenters. The summed E-state index contributed by atoms with van der Waals surface area (Å²) < 4.78 is 16.1. The van der Waals surface area contributed by atoms with E-state index in [9.17, 15) is 9.59 Å². The molecule has 0 spiro atoms. The molecule has 0 saturated heterocycles. The standard InChI is InChI=1S/C17H20N2O5S/c1-10(2)24-14-6-5-12(7-15(14)22-4)16(21)23-8-13-9-25-17(19-13)18-11(3)20/h5-7,9-10H,8H2,1-4H3,(H,18,19,20). The summed E-state index contributed by atoms with van der Waals surface area (Å²) in [7, 11) is 1.51. The number of esters is 1. The minimum absolute atomic E-state index is 0.00539. The molecule has 1 aromatic carbocycles. The Morgan fingerprint density at radius 2 is 2.04 bits per heavy atom. The number of carbonyl (C=O) groups is 2. The summed E-state index contributed by atoms with van der Waals surface area (Å²) in [6.07, 6.45) is -0.00539. The summed E-state index contributed by atoms with van der Waals surface area (Å²) >= 11 is 1.27. The number of hydrogen-bond donors (Lipinski definition) is 1. The third-order valence-corrected chi connectivity index (χ3v) is 3.75. The Morgan fingerprint density at radius 1 is 1.28 bits per heavy atom. The van der Waals surface area contributed by atoms with E-state index in [0.717, 1.165) is 0 Å². The van der Waals surface area contributed by atoms with Gasteiger partial charge in [0.15, 0.2) is 16.6 Å².